The second-order valence-corrected chi connectivity index (χ2v) is 12.1. The maximum Gasteiger partial charge on any atom is 0.419 e. The van der Waals surface area contributed by atoms with Crippen molar-refractivity contribution < 1.29 is 26.3 Å². The molecule has 5 nitrogen and oxygen atoms in total. The predicted octanol–water partition coefficient (Wildman–Crippen LogP) is 5.96. The predicted molar refractivity (Wildman–Crippen MR) is 122 cm³/mol. The summed E-state index contributed by atoms with van der Waals surface area (Å²) < 4.78 is 75.4. The quantitative estimate of drug-likeness (QED) is 0.293. The monoisotopic (exact) mass is 558 g/mol. The smallest absolute Gasteiger partial charge is 0.419 e. The number of unbranched alkanes of at least 4 members (excludes halogenated alkanes) is 1. The van der Waals surface area contributed by atoms with Crippen LogP contribution in [0, 0.1) is 0 Å². The molecule has 1 saturated heterocycles. The summed E-state index contributed by atoms with van der Waals surface area (Å²) >= 11 is 6.07. The molecule has 2 aromatic rings. The molecule has 2 heterocycles. The van der Waals surface area contributed by atoms with Crippen LogP contribution in [0.25, 0.3) is 0 Å². The number of thiophene rings is 1. The Morgan fingerprint density at radius 3 is 2.77 bits per heavy atom. The van der Waals surface area contributed by atoms with Gasteiger partial charge >= 0.3 is 6.18 Å². The van der Waals surface area contributed by atoms with E-state index in [1.807, 2.05) is 0 Å². The number of hydrogen-bond donors (Lipinski definition) is 2. The first-order valence-corrected chi connectivity index (χ1v) is 13.7. The molecule has 3 rings (SSSR count). The van der Waals surface area contributed by atoms with E-state index >= 15 is 0 Å². The minimum atomic E-state index is -4.61. The molecular weight excluding hydrogens is 537 g/mol. The molecule has 2 N–H and O–H groups in total. The van der Waals surface area contributed by atoms with Gasteiger partial charge in [-0.3, -0.25) is 4.72 Å². The SMILES string of the molecule is CCCCSc1sc(S(=O)(=O)Nc2ccc(C(F)(F)F)c(OC3CCNC3)c2)cc1Br. The van der Waals surface area contributed by atoms with Crippen LogP contribution < -0.4 is 14.8 Å². The van der Waals surface area contributed by atoms with E-state index in [9.17, 15) is 21.6 Å². The molecule has 1 unspecified atom stereocenters. The molecule has 1 aromatic heterocycles. The summed E-state index contributed by atoms with van der Waals surface area (Å²) in [6.07, 6.45) is -2.38. The van der Waals surface area contributed by atoms with Gasteiger partial charge in [-0.05, 0) is 59.3 Å². The number of alkyl halides is 3. The van der Waals surface area contributed by atoms with Crippen molar-refractivity contribution in [1.29, 1.82) is 0 Å². The van der Waals surface area contributed by atoms with Crippen LogP contribution in [-0.2, 0) is 16.2 Å². The lowest BCUT2D eigenvalue weighted by Gasteiger charge is -2.19. The molecule has 172 valence electrons. The van der Waals surface area contributed by atoms with Gasteiger partial charge in [0.25, 0.3) is 10.0 Å². The first-order valence-electron chi connectivity index (χ1n) is 9.63. The Hall–Kier alpha value is -0.950. The number of hydrogen-bond acceptors (Lipinski definition) is 6. The Bertz CT molecular complexity index is 1010. The van der Waals surface area contributed by atoms with Crippen molar-refractivity contribution in [3.05, 3.63) is 34.3 Å². The molecule has 0 saturated carbocycles. The standard InChI is InChI=1S/C19H22BrF3N2O3S3/c1-2-3-8-29-18-15(20)10-17(30-18)31(26,27)25-12-4-5-14(19(21,22)23)16(9-12)28-13-6-7-24-11-13/h4-5,9-10,13,24-25H,2-3,6-8,11H2,1H3. The average Bonchev–Trinajstić information content (AvgIpc) is 3.31. The first kappa shape index (κ1) is 24.7. The third kappa shape index (κ3) is 6.53. The lowest BCUT2D eigenvalue weighted by atomic mass is 10.1. The molecule has 1 fully saturated rings. The van der Waals surface area contributed by atoms with Crippen LogP contribution in [0.2, 0.25) is 0 Å². The van der Waals surface area contributed by atoms with E-state index in [1.54, 1.807) is 11.8 Å². The molecule has 12 heteroatoms. The van der Waals surface area contributed by atoms with Crippen molar-refractivity contribution in [2.75, 3.05) is 23.6 Å². The molecular formula is C19H22BrF3N2O3S3. The summed E-state index contributed by atoms with van der Waals surface area (Å²) in [5.41, 5.74) is -0.922. The Morgan fingerprint density at radius 2 is 2.13 bits per heavy atom. The van der Waals surface area contributed by atoms with Gasteiger partial charge in [-0.15, -0.1) is 23.1 Å². The van der Waals surface area contributed by atoms with E-state index in [1.165, 1.54) is 6.07 Å². The van der Waals surface area contributed by atoms with Crippen LogP contribution in [0.15, 0.2) is 37.2 Å². The van der Waals surface area contributed by atoms with Crippen LogP contribution >= 0.6 is 39.0 Å². The molecule has 1 atom stereocenters. The van der Waals surface area contributed by atoms with Gasteiger partial charge in [0.05, 0.1) is 15.5 Å². The number of sulfonamides is 1. The van der Waals surface area contributed by atoms with E-state index in [-0.39, 0.29) is 15.6 Å². The number of nitrogens with one attached hydrogen (secondary N) is 2. The van der Waals surface area contributed by atoms with Crippen molar-refractivity contribution in [2.24, 2.45) is 0 Å². The fourth-order valence-electron chi connectivity index (χ4n) is 2.90. The highest BCUT2D eigenvalue weighted by Crippen LogP contribution is 2.41. The van der Waals surface area contributed by atoms with Crippen LogP contribution in [0.1, 0.15) is 31.7 Å². The topological polar surface area (TPSA) is 67.4 Å². The number of benzene rings is 1. The third-order valence-electron chi connectivity index (χ3n) is 4.48. The summed E-state index contributed by atoms with van der Waals surface area (Å²) in [4.78, 5) is 0. The first-order chi connectivity index (χ1) is 14.6. The van der Waals surface area contributed by atoms with Crippen molar-refractivity contribution >= 4 is 54.7 Å². The third-order valence-corrected chi connectivity index (χ3v) is 9.99. The van der Waals surface area contributed by atoms with Gasteiger partial charge in [0, 0.05) is 17.1 Å². The minimum Gasteiger partial charge on any atom is -0.488 e. The number of thioether (sulfide) groups is 1. The fraction of sp³-hybridized carbons (Fsp3) is 0.474. The summed E-state index contributed by atoms with van der Waals surface area (Å²) in [6.45, 7) is 3.17. The second kappa shape index (κ2) is 10.3. The molecule has 0 spiro atoms. The van der Waals surface area contributed by atoms with E-state index in [4.69, 9.17) is 4.74 Å². The maximum absolute atomic E-state index is 13.4. The zero-order valence-corrected chi connectivity index (χ0v) is 20.6. The number of anilines is 1. The highest BCUT2D eigenvalue weighted by Gasteiger charge is 2.35. The summed E-state index contributed by atoms with van der Waals surface area (Å²) in [5, 5.41) is 3.03. The van der Waals surface area contributed by atoms with E-state index in [2.05, 4.69) is 32.9 Å². The Kier molecular flexibility index (Phi) is 8.22. The molecule has 0 aliphatic carbocycles. The Morgan fingerprint density at radius 1 is 1.35 bits per heavy atom. The number of rotatable bonds is 9. The minimum absolute atomic E-state index is 0.0127. The highest BCUT2D eigenvalue weighted by atomic mass is 79.9. The summed E-state index contributed by atoms with van der Waals surface area (Å²) in [6, 6.07) is 4.54. The number of halogens is 4. The van der Waals surface area contributed by atoms with Crippen molar-refractivity contribution in [1.82, 2.24) is 5.32 Å². The number of ether oxygens (including phenoxy) is 1. The average molecular weight is 559 g/mol. The lowest BCUT2D eigenvalue weighted by Crippen LogP contribution is -2.21. The highest BCUT2D eigenvalue weighted by molar-refractivity contribution is 9.10. The zero-order chi connectivity index (χ0) is 22.6. The van der Waals surface area contributed by atoms with E-state index in [0.29, 0.717) is 24.0 Å². The van der Waals surface area contributed by atoms with E-state index < -0.39 is 27.9 Å². The van der Waals surface area contributed by atoms with Gasteiger partial charge in [0.15, 0.2) is 0 Å². The summed E-state index contributed by atoms with van der Waals surface area (Å²) in [5.74, 6) is 0.489. The summed E-state index contributed by atoms with van der Waals surface area (Å²) in [7, 11) is -3.96. The molecule has 31 heavy (non-hydrogen) atoms. The molecule has 1 aromatic carbocycles. The molecule has 0 amide bonds. The largest absolute Gasteiger partial charge is 0.488 e. The van der Waals surface area contributed by atoms with Gasteiger partial charge in [0.2, 0.25) is 0 Å². The van der Waals surface area contributed by atoms with Gasteiger partial charge in [-0.1, -0.05) is 13.3 Å². The second-order valence-electron chi connectivity index (χ2n) is 6.95. The molecule has 0 bridgehead atoms. The lowest BCUT2D eigenvalue weighted by molar-refractivity contribution is -0.139. The van der Waals surface area contributed by atoms with Gasteiger partial charge < -0.3 is 10.1 Å². The Labute approximate surface area is 196 Å². The fourth-order valence-corrected chi connectivity index (χ4v) is 7.89. The zero-order valence-electron chi connectivity index (χ0n) is 16.6. The Balaban J connectivity index is 1.83. The van der Waals surface area contributed by atoms with Crippen molar-refractivity contribution in [3.63, 3.8) is 0 Å². The van der Waals surface area contributed by atoms with Crippen molar-refractivity contribution in [3.8, 4) is 5.75 Å². The van der Waals surface area contributed by atoms with Gasteiger partial charge in [-0.25, -0.2) is 8.42 Å². The van der Waals surface area contributed by atoms with Gasteiger partial charge in [-0.2, -0.15) is 13.2 Å². The molecule has 0 radical (unpaired) electrons. The maximum atomic E-state index is 13.4. The van der Waals surface area contributed by atoms with Crippen molar-refractivity contribution in [2.45, 2.75) is 46.9 Å². The molecule has 1 aliphatic rings. The van der Waals surface area contributed by atoms with Crippen LogP contribution in [0.3, 0.4) is 0 Å². The normalized spacial score (nSPS) is 17.1. The van der Waals surface area contributed by atoms with Crippen LogP contribution in [0.4, 0.5) is 18.9 Å². The van der Waals surface area contributed by atoms with Gasteiger partial charge in [0.1, 0.15) is 16.1 Å². The van der Waals surface area contributed by atoms with Crippen LogP contribution in [0.5, 0.6) is 5.75 Å². The van der Waals surface area contributed by atoms with E-state index in [0.717, 1.165) is 52.3 Å². The van der Waals surface area contributed by atoms with Crippen LogP contribution in [-0.4, -0.2) is 33.4 Å². The molecule has 1 aliphatic heterocycles.